The molecular formula is C9H17F3N2S. The van der Waals surface area contributed by atoms with Gasteiger partial charge in [0.25, 0.3) is 0 Å². The SMILES string of the molecule is NC1CCC(NCCSC(F)(F)F)CC1. The van der Waals surface area contributed by atoms with Gasteiger partial charge in [0.1, 0.15) is 0 Å². The molecule has 0 aromatic rings. The smallest absolute Gasteiger partial charge is 0.328 e. The Morgan fingerprint density at radius 3 is 2.33 bits per heavy atom. The van der Waals surface area contributed by atoms with Crippen LogP contribution in [0.1, 0.15) is 25.7 Å². The van der Waals surface area contributed by atoms with E-state index >= 15 is 0 Å². The quantitative estimate of drug-likeness (QED) is 0.741. The molecule has 1 saturated carbocycles. The van der Waals surface area contributed by atoms with Crippen molar-refractivity contribution in [2.75, 3.05) is 12.3 Å². The van der Waals surface area contributed by atoms with Crippen molar-refractivity contribution in [1.29, 1.82) is 0 Å². The highest BCUT2D eigenvalue weighted by Crippen LogP contribution is 2.29. The highest BCUT2D eigenvalue weighted by atomic mass is 32.2. The Morgan fingerprint density at radius 1 is 1.20 bits per heavy atom. The molecule has 0 spiro atoms. The second-order valence-corrected chi connectivity index (χ2v) is 5.02. The van der Waals surface area contributed by atoms with Crippen LogP contribution in [0.2, 0.25) is 0 Å². The number of nitrogens with one attached hydrogen (secondary N) is 1. The predicted molar refractivity (Wildman–Crippen MR) is 56.7 cm³/mol. The molecule has 0 radical (unpaired) electrons. The molecule has 0 aliphatic heterocycles. The largest absolute Gasteiger partial charge is 0.441 e. The lowest BCUT2D eigenvalue weighted by Gasteiger charge is -2.26. The molecule has 90 valence electrons. The summed E-state index contributed by atoms with van der Waals surface area (Å²) in [6.07, 6.45) is 3.92. The maximum Gasteiger partial charge on any atom is 0.441 e. The van der Waals surface area contributed by atoms with Crippen LogP contribution in [0.4, 0.5) is 13.2 Å². The van der Waals surface area contributed by atoms with Crippen molar-refractivity contribution in [1.82, 2.24) is 5.32 Å². The molecule has 3 N–H and O–H groups in total. The third-order valence-corrected chi connectivity index (χ3v) is 3.31. The highest BCUT2D eigenvalue weighted by Gasteiger charge is 2.27. The average Bonchev–Trinajstić information content (AvgIpc) is 2.14. The van der Waals surface area contributed by atoms with E-state index in [2.05, 4.69) is 5.32 Å². The van der Waals surface area contributed by atoms with E-state index in [0.29, 0.717) is 12.6 Å². The molecule has 0 atom stereocenters. The van der Waals surface area contributed by atoms with E-state index in [9.17, 15) is 13.2 Å². The molecule has 15 heavy (non-hydrogen) atoms. The molecule has 0 saturated heterocycles. The van der Waals surface area contributed by atoms with Crippen LogP contribution in [-0.4, -0.2) is 29.9 Å². The van der Waals surface area contributed by atoms with Crippen molar-refractivity contribution >= 4 is 11.8 Å². The van der Waals surface area contributed by atoms with Gasteiger partial charge in [0.2, 0.25) is 0 Å². The summed E-state index contributed by atoms with van der Waals surface area (Å²) in [4.78, 5) is 0. The number of rotatable bonds is 4. The number of hydrogen-bond acceptors (Lipinski definition) is 3. The van der Waals surface area contributed by atoms with Crippen LogP contribution in [0.5, 0.6) is 0 Å². The van der Waals surface area contributed by atoms with Gasteiger partial charge >= 0.3 is 5.51 Å². The lowest BCUT2D eigenvalue weighted by atomic mass is 9.92. The molecule has 0 unspecified atom stereocenters. The zero-order chi connectivity index (χ0) is 11.3. The number of alkyl halides is 3. The first-order chi connectivity index (χ1) is 6.97. The van der Waals surface area contributed by atoms with Crippen molar-refractivity contribution in [3.8, 4) is 0 Å². The highest BCUT2D eigenvalue weighted by molar-refractivity contribution is 8.00. The standard InChI is InChI=1S/C9H17F3N2S/c10-9(11,12)15-6-5-14-8-3-1-7(13)2-4-8/h7-8,14H,1-6,13H2. The van der Waals surface area contributed by atoms with Gasteiger partial charge in [-0.2, -0.15) is 13.2 Å². The van der Waals surface area contributed by atoms with Crippen molar-refractivity contribution < 1.29 is 13.2 Å². The molecule has 0 aromatic heterocycles. The van der Waals surface area contributed by atoms with Gasteiger partial charge in [-0.05, 0) is 37.4 Å². The van der Waals surface area contributed by atoms with E-state index in [1.807, 2.05) is 0 Å². The Kier molecular flexibility index (Phi) is 5.22. The number of nitrogens with two attached hydrogens (primary N) is 1. The van der Waals surface area contributed by atoms with E-state index in [1.54, 1.807) is 0 Å². The Morgan fingerprint density at radius 2 is 1.80 bits per heavy atom. The van der Waals surface area contributed by atoms with Gasteiger partial charge in [-0.15, -0.1) is 0 Å². The average molecular weight is 242 g/mol. The molecule has 2 nitrogen and oxygen atoms in total. The summed E-state index contributed by atoms with van der Waals surface area (Å²) in [6, 6.07) is 0.645. The van der Waals surface area contributed by atoms with Crippen molar-refractivity contribution in [3.63, 3.8) is 0 Å². The van der Waals surface area contributed by atoms with Crippen LogP contribution in [-0.2, 0) is 0 Å². The van der Waals surface area contributed by atoms with E-state index < -0.39 is 5.51 Å². The molecule has 0 amide bonds. The first kappa shape index (κ1) is 13.1. The number of halogens is 3. The minimum absolute atomic E-state index is 0.0355. The molecular weight excluding hydrogens is 225 g/mol. The van der Waals surface area contributed by atoms with E-state index in [4.69, 9.17) is 5.73 Å². The summed E-state index contributed by atoms with van der Waals surface area (Å²) < 4.78 is 35.4. The number of thioether (sulfide) groups is 1. The van der Waals surface area contributed by atoms with Gasteiger partial charge in [0, 0.05) is 24.4 Å². The van der Waals surface area contributed by atoms with Gasteiger partial charge in [-0.3, -0.25) is 0 Å². The van der Waals surface area contributed by atoms with Crippen molar-refractivity contribution in [3.05, 3.63) is 0 Å². The third kappa shape index (κ3) is 6.27. The van der Waals surface area contributed by atoms with E-state index in [-0.39, 0.29) is 23.6 Å². The third-order valence-electron chi connectivity index (χ3n) is 2.57. The summed E-state index contributed by atoms with van der Waals surface area (Å²) in [5.74, 6) is 0.0893. The summed E-state index contributed by atoms with van der Waals surface area (Å²) >= 11 is 0.0355. The maximum absolute atomic E-state index is 11.8. The summed E-state index contributed by atoms with van der Waals surface area (Å²) in [5.41, 5.74) is 1.63. The van der Waals surface area contributed by atoms with Crippen LogP contribution in [0.3, 0.4) is 0 Å². The molecule has 0 bridgehead atoms. The van der Waals surface area contributed by atoms with Gasteiger partial charge in [0.05, 0.1) is 0 Å². The zero-order valence-electron chi connectivity index (χ0n) is 8.52. The van der Waals surface area contributed by atoms with Gasteiger partial charge in [-0.25, -0.2) is 0 Å². The van der Waals surface area contributed by atoms with Crippen LogP contribution in [0.15, 0.2) is 0 Å². The normalized spacial score (nSPS) is 28.0. The van der Waals surface area contributed by atoms with Crippen LogP contribution in [0.25, 0.3) is 0 Å². The predicted octanol–water partition coefficient (Wildman–Crippen LogP) is 2.10. The first-order valence-electron chi connectivity index (χ1n) is 5.17. The lowest BCUT2D eigenvalue weighted by Crippen LogP contribution is -2.38. The van der Waals surface area contributed by atoms with Gasteiger partial charge in [-0.1, -0.05) is 0 Å². The Hall–Kier alpha value is 0.0600. The van der Waals surface area contributed by atoms with Gasteiger partial charge < -0.3 is 11.1 Å². The number of hydrogen-bond donors (Lipinski definition) is 2. The van der Waals surface area contributed by atoms with Crippen molar-refractivity contribution in [2.24, 2.45) is 5.73 Å². The zero-order valence-corrected chi connectivity index (χ0v) is 9.33. The van der Waals surface area contributed by atoms with Gasteiger partial charge in [0.15, 0.2) is 0 Å². The molecule has 0 aromatic carbocycles. The molecule has 6 heteroatoms. The fourth-order valence-electron chi connectivity index (χ4n) is 1.75. The molecule has 1 aliphatic rings. The minimum Gasteiger partial charge on any atom is -0.328 e. The first-order valence-corrected chi connectivity index (χ1v) is 6.15. The Balaban J connectivity index is 2.01. The fraction of sp³-hybridized carbons (Fsp3) is 1.00. The lowest BCUT2D eigenvalue weighted by molar-refractivity contribution is -0.0327. The second-order valence-electron chi connectivity index (χ2n) is 3.86. The monoisotopic (exact) mass is 242 g/mol. The molecule has 1 aliphatic carbocycles. The molecule has 1 fully saturated rings. The minimum atomic E-state index is -4.10. The summed E-state index contributed by atoms with van der Waals surface area (Å²) in [7, 11) is 0. The van der Waals surface area contributed by atoms with E-state index in [1.165, 1.54) is 0 Å². The van der Waals surface area contributed by atoms with Crippen LogP contribution < -0.4 is 11.1 Å². The Labute approximate surface area is 92.2 Å². The molecule has 0 heterocycles. The molecule has 1 rings (SSSR count). The maximum atomic E-state index is 11.8. The van der Waals surface area contributed by atoms with Crippen molar-refractivity contribution in [2.45, 2.75) is 43.3 Å². The van der Waals surface area contributed by atoms with E-state index in [0.717, 1.165) is 25.7 Å². The topological polar surface area (TPSA) is 38.0 Å². The fourth-order valence-corrected chi connectivity index (χ4v) is 2.20. The second kappa shape index (κ2) is 5.96. The van der Waals surface area contributed by atoms with Crippen LogP contribution in [0, 0.1) is 0 Å². The summed E-state index contributed by atoms with van der Waals surface area (Å²) in [5, 5.41) is 3.14. The van der Waals surface area contributed by atoms with Crippen LogP contribution >= 0.6 is 11.8 Å². The summed E-state index contributed by atoms with van der Waals surface area (Å²) in [6.45, 7) is 0.421. The Bertz CT molecular complexity index is 179.